The maximum absolute atomic E-state index is 10.6. The van der Waals surface area contributed by atoms with Crippen molar-refractivity contribution in [2.24, 2.45) is 0 Å². The molecule has 0 aliphatic carbocycles. The van der Waals surface area contributed by atoms with Gasteiger partial charge in [-0.15, -0.1) is 0 Å². The predicted octanol–water partition coefficient (Wildman–Crippen LogP) is -0.734. The zero-order valence-electron chi connectivity index (χ0n) is 5.03. The Kier molecular flexibility index (Phi) is 1.22. The Labute approximate surface area is 51.9 Å². The molecule has 0 unspecified atom stereocenters. The van der Waals surface area contributed by atoms with Gasteiger partial charge in [0.05, 0.1) is 12.4 Å². The summed E-state index contributed by atoms with van der Waals surface area (Å²) in [5, 5.41) is 3.52. The molecule has 48 valence electrons. The van der Waals surface area contributed by atoms with Crippen molar-refractivity contribution in [1.29, 1.82) is 0 Å². The van der Waals surface area contributed by atoms with E-state index in [9.17, 15) is 4.79 Å². The van der Waals surface area contributed by atoms with E-state index in [-0.39, 0.29) is 5.43 Å². The van der Waals surface area contributed by atoms with Crippen LogP contribution in [0, 0.1) is 6.92 Å². The minimum atomic E-state index is -0.0864. The summed E-state index contributed by atoms with van der Waals surface area (Å²) >= 11 is 0. The molecule has 1 rings (SSSR count). The van der Waals surface area contributed by atoms with Gasteiger partial charge in [0.15, 0.2) is 0 Å². The van der Waals surface area contributed by atoms with Crippen LogP contribution in [0.5, 0.6) is 0 Å². The van der Waals surface area contributed by atoms with Gasteiger partial charge in [0, 0.05) is 5.56 Å². The van der Waals surface area contributed by atoms with E-state index >= 15 is 0 Å². The van der Waals surface area contributed by atoms with Crippen molar-refractivity contribution in [1.82, 2.24) is 9.89 Å². The smallest absolute Gasteiger partial charge is 0.203 e. The number of nitrogens with zero attached hydrogens (tertiary/aromatic N) is 2. The molecule has 0 spiro atoms. The highest BCUT2D eigenvalue weighted by molar-refractivity contribution is 5.02. The lowest BCUT2D eigenvalue weighted by molar-refractivity contribution is 0.784. The first-order valence-corrected chi connectivity index (χ1v) is 2.51. The first kappa shape index (κ1) is 5.81. The third-order valence-electron chi connectivity index (χ3n) is 1.02. The number of aromatic nitrogens is 2. The van der Waals surface area contributed by atoms with Crippen LogP contribution >= 0.6 is 0 Å². The van der Waals surface area contributed by atoms with Crippen LogP contribution in [0.25, 0.3) is 0 Å². The summed E-state index contributed by atoms with van der Waals surface area (Å²) in [5.41, 5.74) is 0.518. The topological polar surface area (TPSA) is 60.9 Å². The first-order valence-electron chi connectivity index (χ1n) is 2.51. The zero-order valence-corrected chi connectivity index (χ0v) is 5.03. The van der Waals surface area contributed by atoms with Crippen LogP contribution in [0.2, 0.25) is 0 Å². The summed E-state index contributed by atoms with van der Waals surface area (Å²) in [7, 11) is 0. The molecule has 0 saturated heterocycles. The van der Waals surface area contributed by atoms with Gasteiger partial charge in [0.2, 0.25) is 5.43 Å². The Bertz CT molecular complexity index is 265. The minimum absolute atomic E-state index is 0.0864. The maximum Gasteiger partial charge on any atom is 0.203 e. The highest BCUT2D eigenvalue weighted by Crippen LogP contribution is 1.79. The highest BCUT2D eigenvalue weighted by Gasteiger charge is 1.89. The van der Waals surface area contributed by atoms with Crippen LogP contribution in [0.4, 0.5) is 0 Å². The summed E-state index contributed by atoms with van der Waals surface area (Å²) in [6, 6.07) is 0. The van der Waals surface area contributed by atoms with Gasteiger partial charge in [-0.3, -0.25) is 4.79 Å². The molecule has 0 radical (unpaired) electrons. The Hall–Kier alpha value is -1.32. The summed E-state index contributed by atoms with van der Waals surface area (Å²) in [6.07, 6.45) is 2.66. The second-order valence-corrected chi connectivity index (χ2v) is 1.80. The number of rotatable bonds is 0. The molecular weight excluding hydrogens is 118 g/mol. The van der Waals surface area contributed by atoms with E-state index in [0.717, 1.165) is 4.79 Å². The van der Waals surface area contributed by atoms with E-state index < -0.39 is 0 Å². The molecule has 0 aromatic carbocycles. The van der Waals surface area contributed by atoms with E-state index in [1.54, 1.807) is 6.92 Å². The standard InChI is InChI=1S/C5H7N3O/c1-4-3-8(6)7-2-5(4)9/h2-3H,6H2,1H3. The Morgan fingerprint density at radius 3 is 2.89 bits per heavy atom. The normalized spacial score (nSPS) is 9.44. The van der Waals surface area contributed by atoms with Crippen LogP contribution in [0.15, 0.2) is 17.2 Å². The van der Waals surface area contributed by atoms with Crippen molar-refractivity contribution in [2.45, 2.75) is 6.92 Å². The van der Waals surface area contributed by atoms with Gasteiger partial charge >= 0.3 is 0 Å². The van der Waals surface area contributed by atoms with Crippen LogP contribution in [-0.2, 0) is 0 Å². The monoisotopic (exact) mass is 125 g/mol. The first-order chi connectivity index (χ1) is 4.20. The van der Waals surface area contributed by atoms with Gasteiger partial charge in [0.25, 0.3) is 0 Å². The number of hydrogen-bond donors (Lipinski definition) is 1. The molecule has 4 nitrogen and oxygen atoms in total. The van der Waals surface area contributed by atoms with Gasteiger partial charge in [-0.2, -0.15) is 9.89 Å². The van der Waals surface area contributed by atoms with Crippen LogP contribution in [-0.4, -0.2) is 9.89 Å². The number of hydrogen-bond acceptors (Lipinski definition) is 3. The van der Waals surface area contributed by atoms with Crippen LogP contribution in [0.1, 0.15) is 5.56 Å². The molecular formula is C5H7N3O. The van der Waals surface area contributed by atoms with Gasteiger partial charge in [-0.25, -0.2) is 0 Å². The predicted molar refractivity (Wildman–Crippen MR) is 33.4 cm³/mol. The van der Waals surface area contributed by atoms with Crippen LogP contribution in [0.3, 0.4) is 0 Å². The van der Waals surface area contributed by atoms with Crippen molar-refractivity contribution in [3.05, 3.63) is 28.2 Å². The lowest BCUT2D eigenvalue weighted by Crippen LogP contribution is -2.18. The molecule has 0 fully saturated rings. The zero-order chi connectivity index (χ0) is 6.85. The molecule has 1 aromatic heterocycles. The fourth-order valence-corrected chi connectivity index (χ4v) is 0.516. The van der Waals surface area contributed by atoms with E-state index in [1.807, 2.05) is 0 Å². The lowest BCUT2D eigenvalue weighted by atomic mass is 10.3. The van der Waals surface area contributed by atoms with Crippen LogP contribution < -0.4 is 11.3 Å². The van der Waals surface area contributed by atoms with Crippen molar-refractivity contribution < 1.29 is 0 Å². The summed E-state index contributed by atoms with van der Waals surface area (Å²) in [6.45, 7) is 1.69. The average Bonchev–Trinajstić information content (AvgIpc) is 1.80. The fourth-order valence-electron chi connectivity index (χ4n) is 0.516. The molecule has 4 heteroatoms. The molecule has 1 aromatic rings. The second kappa shape index (κ2) is 1.89. The Morgan fingerprint density at radius 2 is 2.44 bits per heavy atom. The van der Waals surface area contributed by atoms with Crippen molar-refractivity contribution in [2.75, 3.05) is 5.84 Å². The average molecular weight is 125 g/mol. The molecule has 1 heterocycles. The van der Waals surface area contributed by atoms with Crippen molar-refractivity contribution >= 4 is 0 Å². The summed E-state index contributed by atoms with van der Waals surface area (Å²) in [5.74, 6) is 5.19. The van der Waals surface area contributed by atoms with Gasteiger partial charge in [-0.1, -0.05) is 0 Å². The van der Waals surface area contributed by atoms with E-state index in [1.165, 1.54) is 12.4 Å². The largest absolute Gasteiger partial charge is 0.323 e. The molecule has 0 atom stereocenters. The quantitative estimate of drug-likeness (QED) is 0.465. The molecule has 0 bridgehead atoms. The number of nitrogens with two attached hydrogens (primary N) is 1. The van der Waals surface area contributed by atoms with Crippen molar-refractivity contribution in [3.8, 4) is 0 Å². The molecule has 0 aliphatic rings. The summed E-state index contributed by atoms with van der Waals surface area (Å²) in [4.78, 5) is 11.7. The second-order valence-electron chi connectivity index (χ2n) is 1.80. The van der Waals surface area contributed by atoms with E-state index in [2.05, 4.69) is 5.10 Å². The maximum atomic E-state index is 10.6. The SMILES string of the molecule is Cc1cn(N)ncc1=O. The molecule has 2 N–H and O–H groups in total. The Morgan fingerprint density at radius 1 is 1.78 bits per heavy atom. The van der Waals surface area contributed by atoms with E-state index in [0.29, 0.717) is 5.56 Å². The molecule has 9 heavy (non-hydrogen) atoms. The fraction of sp³-hybridized carbons (Fsp3) is 0.200. The van der Waals surface area contributed by atoms with Gasteiger partial charge in [0.1, 0.15) is 0 Å². The molecule has 0 saturated carbocycles. The van der Waals surface area contributed by atoms with Gasteiger partial charge in [-0.05, 0) is 6.92 Å². The molecule has 0 amide bonds. The third kappa shape index (κ3) is 1.07. The minimum Gasteiger partial charge on any atom is -0.323 e. The third-order valence-corrected chi connectivity index (χ3v) is 1.02. The summed E-state index contributed by atoms with van der Waals surface area (Å²) < 4.78 is 0. The van der Waals surface area contributed by atoms with Crippen molar-refractivity contribution in [3.63, 3.8) is 0 Å². The lowest BCUT2D eigenvalue weighted by Gasteiger charge is -1.93. The van der Waals surface area contributed by atoms with E-state index in [4.69, 9.17) is 5.84 Å². The highest BCUT2D eigenvalue weighted by atomic mass is 16.1. The van der Waals surface area contributed by atoms with Gasteiger partial charge < -0.3 is 5.84 Å². The number of nitrogen functional groups attached to an aromatic ring is 1. The molecule has 0 aliphatic heterocycles. The Balaban J connectivity index is 3.34. The number of aryl methyl sites for hydroxylation is 1.